The first-order valence-electron chi connectivity index (χ1n) is 4.98. The molecular formula is C9H18O5S2. The number of aliphatic hydroxyl groups is 2. The molecule has 0 spiro atoms. The number of aliphatic hydroxyl groups excluding tert-OH is 2. The van der Waals surface area contributed by atoms with E-state index in [9.17, 15) is 4.79 Å². The molecule has 1 fully saturated rings. The molecule has 0 saturated carbocycles. The molecule has 0 amide bonds. The highest BCUT2D eigenvalue weighted by Gasteiger charge is 2.05. The van der Waals surface area contributed by atoms with Gasteiger partial charge >= 0.3 is 6.16 Å². The molecule has 0 aliphatic carbocycles. The predicted octanol–water partition coefficient (Wildman–Crippen LogP) is 0.591. The van der Waals surface area contributed by atoms with Crippen molar-refractivity contribution in [3.8, 4) is 0 Å². The molecule has 1 rings (SSSR count). The molecule has 96 valence electrons. The van der Waals surface area contributed by atoms with E-state index in [0.29, 0.717) is 13.2 Å². The molecule has 2 N–H and O–H groups in total. The van der Waals surface area contributed by atoms with Crippen LogP contribution in [0.15, 0.2) is 0 Å². The monoisotopic (exact) mass is 270 g/mol. The molecule has 0 unspecified atom stereocenters. The Morgan fingerprint density at radius 1 is 1.12 bits per heavy atom. The normalized spacial score (nSPS) is 16.0. The van der Waals surface area contributed by atoms with E-state index in [0.717, 1.165) is 23.0 Å². The number of cyclic esters (lactones) is 2. The van der Waals surface area contributed by atoms with Crippen LogP contribution in [0, 0.1) is 0 Å². The van der Waals surface area contributed by atoms with Gasteiger partial charge in [-0.2, -0.15) is 23.5 Å². The topological polar surface area (TPSA) is 76.0 Å². The number of hydrogen-bond acceptors (Lipinski definition) is 7. The van der Waals surface area contributed by atoms with Crippen LogP contribution < -0.4 is 0 Å². The fourth-order valence-electron chi connectivity index (χ4n) is 0.743. The summed E-state index contributed by atoms with van der Waals surface area (Å²) >= 11 is 3.28. The van der Waals surface area contributed by atoms with Gasteiger partial charge in [-0.1, -0.05) is 0 Å². The van der Waals surface area contributed by atoms with Crippen molar-refractivity contribution in [2.45, 2.75) is 0 Å². The molecule has 0 aromatic rings. The van der Waals surface area contributed by atoms with Gasteiger partial charge in [-0.3, -0.25) is 0 Å². The summed E-state index contributed by atoms with van der Waals surface area (Å²) in [4.78, 5) is 10.4. The number of thioether (sulfide) groups is 2. The minimum atomic E-state index is -0.532. The van der Waals surface area contributed by atoms with Gasteiger partial charge in [0.05, 0.1) is 13.2 Å². The minimum absolute atomic E-state index is 0.213. The fourth-order valence-corrected chi connectivity index (χ4v) is 1.81. The molecule has 0 radical (unpaired) electrons. The van der Waals surface area contributed by atoms with E-state index >= 15 is 0 Å². The van der Waals surface area contributed by atoms with Gasteiger partial charge in [-0.05, 0) is 0 Å². The highest BCUT2D eigenvalue weighted by Crippen LogP contribution is 2.03. The number of carbonyl (C=O) groups excluding carboxylic acids is 1. The maximum atomic E-state index is 10.4. The first-order chi connectivity index (χ1) is 7.81. The second-order valence-electron chi connectivity index (χ2n) is 2.62. The van der Waals surface area contributed by atoms with E-state index in [-0.39, 0.29) is 13.2 Å². The molecule has 1 aliphatic heterocycles. The summed E-state index contributed by atoms with van der Waals surface area (Å²) in [5.74, 6) is 3.24. The Kier molecular flexibility index (Phi) is 12.9. The average molecular weight is 270 g/mol. The van der Waals surface area contributed by atoms with Crippen molar-refractivity contribution in [1.29, 1.82) is 0 Å². The molecule has 16 heavy (non-hydrogen) atoms. The van der Waals surface area contributed by atoms with E-state index in [1.54, 1.807) is 23.5 Å². The molecule has 1 aliphatic rings. The van der Waals surface area contributed by atoms with Gasteiger partial charge < -0.3 is 19.7 Å². The van der Waals surface area contributed by atoms with Crippen molar-refractivity contribution in [2.75, 3.05) is 49.4 Å². The fraction of sp³-hybridized carbons (Fsp3) is 0.889. The summed E-state index contributed by atoms with van der Waals surface area (Å²) in [6.45, 7) is 1.38. The van der Waals surface area contributed by atoms with Crippen molar-refractivity contribution < 1.29 is 24.5 Å². The Morgan fingerprint density at radius 2 is 1.62 bits per heavy atom. The lowest BCUT2D eigenvalue weighted by molar-refractivity contribution is 0.0628. The lowest BCUT2D eigenvalue weighted by Crippen LogP contribution is -2.15. The Bertz CT molecular complexity index is 154. The quantitative estimate of drug-likeness (QED) is 0.572. The third-order valence-electron chi connectivity index (χ3n) is 1.37. The van der Waals surface area contributed by atoms with Crippen LogP contribution in [-0.4, -0.2) is 65.8 Å². The molecule has 5 nitrogen and oxygen atoms in total. The van der Waals surface area contributed by atoms with Crippen LogP contribution >= 0.6 is 23.5 Å². The highest BCUT2D eigenvalue weighted by molar-refractivity contribution is 7.99. The molecular weight excluding hydrogens is 252 g/mol. The van der Waals surface area contributed by atoms with Crippen molar-refractivity contribution in [1.82, 2.24) is 0 Å². The summed E-state index contributed by atoms with van der Waals surface area (Å²) in [5.41, 5.74) is 0. The van der Waals surface area contributed by atoms with Gasteiger partial charge in [0, 0.05) is 23.0 Å². The van der Waals surface area contributed by atoms with Crippen molar-refractivity contribution in [3.05, 3.63) is 0 Å². The van der Waals surface area contributed by atoms with E-state index in [1.165, 1.54) is 0 Å². The zero-order chi connectivity index (χ0) is 12.1. The molecule has 0 aromatic heterocycles. The van der Waals surface area contributed by atoms with E-state index in [4.69, 9.17) is 10.2 Å². The molecule has 0 bridgehead atoms. The summed E-state index contributed by atoms with van der Waals surface area (Å²) in [5, 5.41) is 16.4. The van der Waals surface area contributed by atoms with Crippen LogP contribution in [0.4, 0.5) is 4.79 Å². The zero-order valence-electron chi connectivity index (χ0n) is 9.09. The van der Waals surface area contributed by atoms with E-state index < -0.39 is 6.16 Å². The summed E-state index contributed by atoms with van der Waals surface area (Å²) in [6, 6.07) is 0. The Labute approximate surface area is 104 Å². The smallest absolute Gasteiger partial charge is 0.433 e. The zero-order valence-corrected chi connectivity index (χ0v) is 10.7. The average Bonchev–Trinajstić information content (AvgIpc) is 2.25. The summed E-state index contributed by atoms with van der Waals surface area (Å²) in [7, 11) is 0. The number of hydrogen-bond donors (Lipinski definition) is 2. The largest absolute Gasteiger partial charge is 0.508 e. The number of carbonyl (C=O) groups is 1. The standard InChI is InChI=1S/C5H8O3S.C4H10O2S/c6-5-7-1-3-9-4-2-8-5;5-1-3-7-4-2-6/h1-4H2;5-6H,1-4H2. The van der Waals surface area contributed by atoms with Crippen molar-refractivity contribution in [2.24, 2.45) is 0 Å². The lowest BCUT2D eigenvalue weighted by Gasteiger charge is -2.08. The van der Waals surface area contributed by atoms with Crippen LogP contribution in [0.25, 0.3) is 0 Å². The number of rotatable bonds is 4. The predicted molar refractivity (Wildman–Crippen MR) is 66.1 cm³/mol. The summed E-state index contributed by atoms with van der Waals surface area (Å²) in [6.07, 6.45) is -0.532. The SMILES string of the molecule is O=C1OCCSCCO1.OCCSCCO. The highest BCUT2D eigenvalue weighted by atomic mass is 32.2. The third-order valence-corrected chi connectivity index (χ3v) is 3.22. The second kappa shape index (κ2) is 13.0. The maximum absolute atomic E-state index is 10.4. The lowest BCUT2D eigenvalue weighted by atomic mass is 10.8. The molecule has 7 heteroatoms. The molecule has 1 saturated heterocycles. The van der Waals surface area contributed by atoms with Crippen LogP contribution in [0.2, 0.25) is 0 Å². The van der Waals surface area contributed by atoms with Gasteiger partial charge in [0.1, 0.15) is 13.2 Å². The first-order valence-corrected chi connectivity index (χ1v) is 7.29. The molecule has 0 aromatic carbocycles. The van der Waals surface area contributed by atoms with Gasteiger partial charge in [0.15, 0.2) is 0 Å². The van der Waals surface area contributed by atoms with Crippen LogP contribution in [0.5, 0.6) is 0 Å². The van der Waals surface area contributed by atoms with Crippen molar-refractivity contribution >= 4 is 29.7 Å². The number of ether oxygens (including phenoxy) is 2. The Hall–Kier alpha value is -0.110. The van der Waals surface area contributed by atoms with Gasteiger partial charge in [-0.15, -0.1) is 0 Å². The maximum Gasteiger partial charge on any atom is 0.508 e. The van der Waals surface area contributed by atoms with Crippen LogP contribution in [0.3, 0.4) is 0 Å². The Morgan fingerprint density at radius 3 is 2.06 bits per heavy atom. The van der Waals surface area contributed by atoms with Crippen LogP contribution in [-0.2, 0) is 9.47 Å². The van der Waals surface area contributed by atoms with E-state index in [1.807, 2.05) is 0 Å². The molecule has 0 atom stereocenters. The van der Waals surface area contributed by atoms with Gasteiger partial charge in [-0.25, -0.2) is 4.79 Å². The molecule has 1 heterocycles. The first kappa shape index (κ1) is 15.9. The minimum Gasteiger partial charge on any atom is -0.433 e. The summed E-state index contributed by atoms with van der Waals surface area (Å²) < 4.78 is 9.20. The van der Waals surface area contributed by atoms with Crippen molar-refractivity contribution in [3.63, 3.8) is 0 Å². The van der Waals surface area contributed by atoms with Crippen LogP contribution in [0.1, 0.15) is 0 Å². The van der Waals surface area contributed by atoms with Gasteiger partial charge in [0.25, 0.3) is 0 Å². The van der Waals surface area contributed by atoms with E-state index in [2.05, 4.69) is 9.47 Å². The Balaban J connectivity index is 0.000000293. The second-order valence-corrected chi connectivity index (χ2v) is 5.07. The third kappa shape index (κ3) is 12.0. The van der Waals surface area contributed by atoms with Gasteiger partial charge in [0.2, 0.25) is 0 Å².